The van der Waals surface area contributed by atoms with Gasteiger partial charge in [-0.25, -0.2) is 0 Å². The van der Waals surface area contributed by atoms with Crippen LogP contribution < -0.4 is 5.32 Å². The molecule has 0 saturated carbocycles. The Balaban J connectivity index is 1.76. The Hall–Kier alpha value is -0.330. The molecule has 0 bridgehead atoms. The van der Waals surface area contributed by atoms with E-state index in [2.05, 4.69) is 17.1 Å². The summed E-state index contributed by atoms with van der Waals surface area (Å²) in [6, 6.07) is 0.352. The first-order valence-corrected chi connectivity index (χ1v) is 7.11. The van der Waals surface area contributed by atoms with Crippen LogP contribution in [-0.4, -0.2) is 56.5 Å². The second-order valence-corrected chi connectivity index (χ2v) is 5.58. The minimum atomic E-state index is -4.02. The van der Waals surface area contributed by atoms with Crippen LogP contribution in [0.2, 0.25) is 0 Å². The third kappa shape index (κ3) is 4.07. The summed E-state index contributed by atoms with van der Waals surface area (Å²) < 4.78 is 43.2. The lowest BCUT2D eigenvalue weighted by atomic mass is 9.94. The summed E-state index contributed by atoms with van der Waals surface area (Å²) in [7, 11) is 0. The van der Waals surface area contributed by atoms with E-state index in [1.807, 2.05) is 0 Å². The number of hydrogen-bond acceptors (Lipinski definition) is 3. The van der Waals surface area contributed by atoms with E-state index < -0.39 is 12.1 Å². The number of nitrogens with one attached hydrogen (secondary N) is 1. The highest BCUT2D eigenvalue weighted by Crippen LogP contribution is 2.34. The van der Waals surface area contributed by atoms with Gasteiger partial charge in [0.15, 0.2) is 0 Å². The maximum absolute atomic E-state index is 12.6. The highest BCUT2D eigenvalue weighted by molar-refractivity contribution is 4.85. The van der Waals surface area contributed by atoms with E-state index in [0.717, 1.165) is 26.3 Å². The number of likely N-dealkylation sites (tertiary alicyclic amines) is 1. The van der Waals surface area contributed by atoms with E-state index in [-0.39, 0.29) is 12.8 Å². The minimum Gasteiger partial charge on any atom is -0.379 e. The summed E-state index contributed by atoms with van der Waals surface area (Å²) >= 11 is 0. The zero-order valence-corrected chi connectivity index (χ0v) is 11.4. The van der Waals surface area contributed by atoms with Crippen LogP contribution in [0, 0.1) is 11.8 Å². The molecule has 0 aromatic rings. The predicted molar refractivity (Wildman–Crippen MR) is 67.0 cm³/mol. The lowest BCUT2D eigenvalue weighted by Crippen LogP contribution is -2.45. The van der Waals surface area contributed by atoms with Gasteiger partial charge in [-0.3, -0.25) is 0 Å². The Bertz CT molecular complexity index is 278. The van der Waals surface area contributed by atoms with Gasteiger partial charge in [0, 0.05) is 18.5 Å². The molecule has 2 fully saturated rings. The number of nitrogens with zero attached hydrogens (tertiary/aromatic N) is 1. The average molecular weight is 280 g/mol. The summed E-state index contributed by atoms with van der Waals surface area (Å²) in [6.45, 7) is 6.36. The van der Waals surface area contributed by atoms with Gasteiger partial charge in [-0.05, 0) is 32.5 Å². The standard InChI is InChI=1S/C13H23F3N2O/c1-2-17-12-9-19-8-10(12)7-18-5-3-11(4-6-18)13(14,15)16/h10-12,17H,2-9H2,1H3. The van der Waals surface area contributed by atoms with E-state index in [9.17, 15) is 13.2 Å². The predicted octanol–water partition coefficient (Wildman–Crippen LogP) is 1.89. The van der Waals surface area contributed by atoms with Crippen molar-refractivity contribution >= 4 is 0 Å². The molecule has 1 N–H and O–H groups in total. The highest BCUT2D eigenvalue weighted by Gasteiger charge is 2.41. The first-order valence-electron chi connectivity index (χ1n) is 7.11. The normalized spacial score (nSPS) is 30.9. The molecular weight excluding hydrogens is 257 g/mol. The number of alkyl halides is 3. The quantitative estimate of drug-likeness (QED) is 0.851. The molecule has 2 heterocycles. The molecule has 0 amide bonds. The summed E-state index contributed by atoms with van der Waals surface area (Å²) in [5.41, 5.74) is 0. The number of piperidine rings is 1. The summed E-state index contributed by atoms with van der Waals surface area (Å²) in [4.78, 5) is 2.16. The number of ether oxygens (including phenoxy) is 1. The maximum atomic E-state index is 12.6. The van der Waals surface area contributed by atoms with Crippen molar-refractivity contribution in [2.75, 3.05) is 39.4 Å². The molecule has 2 aliphatic heterocycles. The number of likely N-dealkylation sites (N-methyl/N-ethyl adjacent to an activating group) is 1. The average Bonchev–Trinajstić information content (AvgIpc) is 2.77. The van der Waals surface area contributed by atoms with E-state index in [1.165, 1.54) is 0 Å². The molecule has 19 heavy (non-hydrogen) atoms. The Labute approximate surface area is 112 Å². The summed E-state index contributed by atoms with van der Waals surface area (Å²) in [6.07, 6.45) is -3.54. The minimum absolute atomic E-state index is 0.239. The molecule has 0 aromatic heterocycles. The number of hydrogen-bond donors (Lipinski definition) is 1. The van der Waals surface area contributed by atoms with Gasteiger partial charge in [0.2, 0.25) is 0 Å². The SMILES string of the molecule is CCNC1COCC1CN1CCC(C(F)(F)F)CC1. The van der Waals surface area contributed by atoms with Crippen molar-refractivity contribution in [3.8, 4) is 0 Å². The lowest BCUT2D eigenvalue weighted by Gasteiger charge is -2.35. The van der Waals surface area contributed by atoms with Crippen molar-refractivity contribution in [3.63, 3.8) is 0 Å². The van der Waals surface area contributed by atoms with E-state index >= 15 is 0 Å². The van der Waals surface area contributed by atoms with Gasteiger partial charge in [0.1, 0.15) is 0 Å². The van der Waals surface area contributed by atoms with Crippen molar-refractivity contribution in [2.45, 2.75) is 32.0 Å². The van der Waals surface area contributed by atoms with Gasteiger partial charge in [-0.1, -0.05) is 6.92 Å². The van der Waals surface area contributed by atoms with E-state index in [0.29, 0.717) is 25.0 Å². The van der Waals surface area contributed by atoms with Crippen LogP contribution in [0.3, 0.4) is 0 Å². The first kappa shape index (κ1) is 15.1. The highest BCUT2D eigenvalue weighted by atomic mass is 19.4. The summed E-state index contributed by atoms with van der Waals surface area (Å²) in [5, 5.41) is 3.39. The van der Waals surface area contributed by atoms with Crippen LogP contribution in [0.25, 0.3) is 0 Å². The van der Waals surface area contributed by atoms with Gasteiger partial charge in [-0.15, -0.1) is 0 Å². The van der Waals surface area contributed by atoms with Crippen molar-refractivity contribution in [2.24, 2.45) is 11.8 Å². The molecule has 2 saturated heterocycles. The third-order valence-electron chi connectivity index (χ3n) is 4.21. The van der Waals surface area contributed by atoms with Crippen LogP contribution in [0.5, 0.6) is 0 Å². The fraction of sp³-hybridized carbons (Fsp3) is 1.00. The summed E-state index contributed by atoms with van der Waals surface area (Å²) in [5.74, 6) is -0.699. The largest absolute Gasteiger partial charge is 0.391 e. The molecule has 6 heteroatoms. The van der Waals surface area contributed by atoms with Gasteiger partial charge >= 0.3 is 6.18 Å². The lowest BCUT2D eigenvalue weighted by molar-refractivity contribution is -0.185. The molecule has 2 rings (SSSR count). The first-order chi connectivity index (χ1) is 9.00. The van der Waals surface area contributed by atoms with Crippen molar-refractivity contribution in [1.29, 1.82) is 0 Å². The van der Waals surface area contributed by atoms with Crippen molar-refractivity contribution in [1.82, 2.24) is 10.2 Å². The monoisotopic (exact) mass is 280 g/mol. The van der Waals surface area contributed by atoms with Gasteiger partial charge in [0.25, 0.3) is 0 Å². The molecule has 2 atom stereocenters. The van der Waals surface area contributed by atoms with Crippen molar-refractivity contribution < 1.29 is 17.9 Å². The van der Waals surface area contributed by atoms with Crippen molar-refractivity contribution in [3.05, 3.63) is 0 Å². The molecule has 0 spiro atoms. The van der Waals surface area contributed by atoms with E-state index in [4.69, 9.17) is 4.74 Å². The molecule has 0 aliphatic carbocycles. The molecular formula is C13H23F3N2O. The Morgan fingerprint density at radius 2 is 1.89 bits per heavy atom. The smallest absolute Gasteiger partial charge is 0.379 e. The topological polar surface area (TPSA) is 24.5 Å². The third-order valence-corrected chi connectivity index (χ3v) is 4.21. The van der Waals surface area contributed by atoms with Crippen LogP contribution >= 0.6 is 0 Å². The van der Waals surface area contributed by atoms with Gasteiger partial charge in [-0.2, -0.15) is 13.2 Å². The van der Waals surface area contributed by atoms with Crippen LogP contribution in [-0.2, 0) is 4.74 Å². The fourth-order valence-corrected chi connectivity index (χ4v) is 3.04. The van der Waals surface area contributed by atoms with Crippen LogP contribution in [0.4, 0.5) is 13.2 Å². The zero-order valence-electron chi connectivity index (χ0n) is 11.4. The van der Waals surface area contributed by atoms with Gasteiger partial charge in [0.05, 0.1) is 19.1 Å². The van der Waals surface area contributed by atoms with Crippen LogP contribution in [0.15, 0.2) is 0 Å². The fourth-order valence-electron chi connectivity index (χ4n) is 3.04. The number of halogens is 3. The molecule has 0 radical (unpaired) electrons. The second-order valence-electron chi connectivity index (χ2n) is 5.58. The molecule has 0 aromatic carbocycles. The molecule has 2 aliphatic rings. The van der Waals surface area contributed by atoms with Crippen LogP contribution in [0.1, 0.15) is 19.8 Å². The second kappa shape index (κ2) is 6.41. The Morgan fingerprint density at radius 1 is 1.21 bits per heavy atom. The Morgan fingerprint density at radius 3 is 2.47 bits per heavy atom. The molecule has 2 unspecified atom stereocenters. The van der Waals surface area contributed by atoms with E-state index in [1.54, 1.807) is 0 Å². The molecule has 112 valence electrons. The zero-order chi connectivity index (χ0) is 13.9. The maximum Gasteiger partial charge on any atom is 0.391 e. The van der Waals surface area contributed by atoms with Gasteiger partial charge < -0.3 is 15.0 Å². The number of rotatable bonds is 4. The Kier molecular flexibility index (Phi) is 5.09. The molecule has 3 nitrogen and oxygen atoms in total.